The summed E-state index contributed by atoms with van der Waals surface area (Å²) in [6.45, 7) is 4.66. The van der Waals surface area contributed by atoms with Gasteiger partial charge in [-0.3, -0.25) is 4.79 Å². The molecule has 1 aliphatic heterocycles. The van der Waals surface area contributed by atoms with Crippen LogP contribution in [-0.4, -0.2) is 41.1 Å². The number of aromatic nitrogens is 1. The third-order valence-electron chi connectivity index (χ3n) is 4.12. The zero-order valence-corrected chi connectivity index (χ0v) is 10.9. The Bertz CT molecular complexity index is 436. The van der Waals surface area contributed by atoms with Crippen molar-refractivity contribution in [2.24, 2.45) is 0 Å². The number of carbonyl (C=O) groups excluding carboxylic acids is 1. The van der Waals surface area contributed by atoms with E-state index in [4.69, 9.17) is 0 Å². The van der Waals surface area contributed by atoms with Crippen LogP contribution >= 0.6 is 0 Å². The Morgan fingerprint density at radius 2 is 2.28 bits per heavy atom. The molecular formula is C14H21N3O. The van der Waals surface area contributed by atoms with E-state index in [2.05, 4.69) is 23.0 Å². The standard InChI is InChI=1S/C14H21N3O/c1-11-10-16(9-7-15-11)14(18)13-6-3-8-17(13)12-4-2-5-12/h3,6,8,11-12,15H,2,4-5,7,9-10H2,1H3/t11-/m1/s1. The molecule has 4 nitrogen and oxygen atoms in total. The van der Waals surface area contributed by atoms with Gasteiger partial charge in [0.25, 0.3) is 5.91 Å². The maximum Gasteiger partial charge on any atom is 0.270 e. The number of amides is 1. The summed E-state index contributed by atoms with van der Waals surface area (Å²) in [7, 11) is 0. The largest absolute Gasteiger partial charge is 0.340 e. The Labute approximate surface area is 108 Å². The van der Waals surface area contributed by atoms with Gasteiger partial charge in [-0.1, -0.05) is 0 Å². The second kappa shape index (κ2) is 4.76. The molecule has 1 saturated heterocycles. The molecule has 0 aromatic carbocycles. The van der Waals surface area contributed by atoms with Gasteiger partial charge in [0.1, 0.15) is 5.69 Å². The molecule has 2 fully saturated rings. The molecule has 1 amide bonds. The maximum atomic E-state index is 12.5. The molecule has 2 aliphatic rings. The van der Waals surface area contributed by atoms with Gasteiger partial charge < -0.3 is 14.8 Å². The summed E-state index contributed by atoms with van der Waals surface area (Å²) in [5.74, 6) is 0.195. The summed E-state index contributed by atoms with van der Waals surface area (Å²) < 4.78 is 2.18. The fourth-order valence-electron chi connectivity index (χ4n) is 2.84. The van der Waals surface area contributed by atoms with Gasteiger partial charge in [0.2, 0.25) is 0 Å². The first-order chi connectivity index (χ1) is 8.75. The van der Waals surface area contributed by atoms with Gasteiger partial charge in [0, 0.05) is 37.9 Å². The van der Waals surface area contributed by atoms with Crippen molar-refractivity contribution in [3.8, 4) is 0 Å². The van der Waals surface area contributed by atoms with Crippen molar-refractivity contribution in [2.75, 3.05) is 19.6 Å². The summed E-state index contributed by atoms with van der Waals surface area (Å²) in [6.07, 6.45) is 5.78. The van der Waals surface area contributed by atoms with E-state index < -0.39 is 0 Å². The van der Waals surface area contributed by atoms with E-state index in [1.54, 1.807) is 0 Å². The van der Waals surface area contributed by atoms with Crippen molar-refractivity contribution < 1.29 is 4.79 Å². The Morgan fingerprint density at radius 1 is 1.44 bits per heavy atom. The summed E-state index contributed by atoms with van der Waals surface area (Å²) in [5, 5.41) is 3.37. The molecule has 1 aliphatic carbocycles. The van der Waals surface area contributed by atoms with Gasteiger partial charge in [-0.05, 0) is 38.3 Å². The van der Waals surface area contributed by atoms with Crippen molar-refractivity contribution in [3.05, 3.63) is 24.0 Å². The summed E-state index contributed by atoms with van der Waals surface area (Å²) >= 11 is 0. The van der Waals surface area contributed by atoms with Gasteiger partial charge in [-0.25, -0.2) is 0 Å². The first kappa shape index (κ1) is 11.8. The molecule has 1 aromatic rings. The predicted molar refractivity (Wildman–Crippen MR) is 70.7 cm³/mol. The van der Waals surface area contributed by atoms with Crippen LogP contribution in [0.15, 0.2) is 18.3 Å². The van der Waals surface area contributed by atoms with Crippen LogP contribution < -0.4 is 5.32 Å². The van der Waals surface area contributed by atoms with Gasteiger partial charge in [0.15, 0.2) is 0 Å². The summed E-state index contributed by atoms with van der Waals surface area (Å²) in [4.78, 5) is 14.5. The highest BCUT2D eigenvalue weighted by Gasteiger charge is 2.27. The maximum absolute atomic E-state index is 12.5. The van der Waals surface area contributed by atoms with Crippen LogP contribution in [0.4, 0.5) is 0 Å². The minimum Gasteiger partial charge on any atom is -0.340 e. The van der Waals surface area contributed by atoms with Gasteiger partial charge in [-0.2, -0.15) is 0 Å². The SMILES string of the molecule is C[C@@H]1CN(C(=O)c2cccn2C2CCC2)CCN1. The van der Waals surface area contributed by atoms with Crippen LogP contribution in [0.5, 0.6) is 0 Å². The molecule has 0 spiro atoms. The lowest BCUT2D eigenvalue weighted by Crippen LogP contribution is -2.51. The zero-order chi connectivity index (χ0) is 12.5. The van der Waals surface area contributed by atoms with Crippen molar-refractivity contribution in [1.29, 1.82) is 0 Å². The minimum atomic E-state index is 0.195. The van der Waals surface area contributed by atoms with E-state index in [9.17, 15) is 4.79 Å². The van der Waals surface area contributed by atoms with Crippen LogP contribution in [0.2, 0.25) is 0 Å². The molecule has 2 heterocycles. The van der Waals surface area contributed by atoms with Gasteiger partial charge in [-0.15, -0.1) is 0 Å². The third-order valence-corrected chi connectivity index (χ3v) is 4.12. The van der Waals surface area contributed by atoms with Gasteiger partial charge >= 0.3 is 0 Å². The monoisotopic (exact) mass is 247 g/mol. The molecule has 4 heteroatoms. The average molecular weight is 247 g/mol. The highest BCUT2D eigenvalue weighted by molar-refractivity contribution is 5.93. The van der Waals surface area contributed by atoms with E-state index in [-0.39, 0.29) is 5.91 Å². The van der Waals surface area contributed by atoms with Crippen LogP contribution in [0.25, 0.3) is 0 Å². The summed E-state index contributed by atoms with van der Waals surface area (Å²) in [5.41, 5.74) is 0.869. The Balaban J connectivity index is 1.77. The lowest BCUT2D eigenvalue weighted by molar-refractivity contribution is 0.0692. The van der Waals surface area contributed by atoms with E-state index in [1.165, 1.54) is 19.3 Å². The van der Waals surface area contributed by atoms with E-state index in [0.29, 0.717) is 12.1 Å². The highest BCUT2D eigenvalue weighted by atomic mass is 16.2. The highest BCUT2D eigenvalue weighted by Crippen LogP contribution is 2.33. The first-order valence-electron chi connectivity index (χ1n) is 6.95. The van der Waals surface area contributed by atoms with Crippen molar-refractivity contribution in [1.82, 2.24) is 14.8 Å². The normalized spacial score (nSPS) is 24.9. The molecule has 1 aromatic heterocycles. The number of hydrogen-bond donors (Lipinski definition) is 1. The second-order valence-corrected chi connectivity index (χ2v) is 5.49. The zero-order valence-electron chi connectivity index (χ0n) is 10.9. The predicted octanol–water partition coefficient (Wildman–Crippen LogP) is 1.65. The number of rotatable bonds is 2. The number of nitrogens with zero attached hydrogens (tertiary/aromatic N) is 2. The lowest BCUT2D eigenvalue weighted by Gasteiger charge is -2.34. The molecule has 0 unspecified atom stereocenters. The van der Waals surface area contributed by atoms with Crippen molar-refractivity contribution in [2.45, 2.75) is 38.3 Å². The fourth-order valence-corrected chi connectivity index (χ4v) is 2.84. The molecule has 1 atom stereocenters. The Hall–Kier alpha value is -1.29. The van der Waals surface area contributed by atoms with Crippen molar-refractivity contribution >= 4 is 5.91 Å². The number of nitrogens with one attached hydrogen (secondary N) is 1. The molecule has 1 saturated carbocycles. The molecule has 98 valence electrons. The van der Waals surface area contributed by atoms with Crippen LogP contribution in [0, 0.1) is 0 Å². The third kappa shape index (κ3) is 2.05. The lowest BCUT2D eigenvalue weighted by atomic mass is 9.93. The Kier molecular flexibility index (Phi) is 3.12. The first-order valence-corrected chi connectivity index (χ1v) is 6.95. The molecular weight excluding hydrogens is 226 g/mol. The van der Waals surface area contributed by atoms with E-state index in [0.717, 1.165) is 25.3 Å². The smallest absolute Gasteiger partial charge is 0.270 e. The molecule has 18 heavy (non-hydrogen) atoms. The molecule has 1 N–H and O–H groups in total. The quantitative estimate of drug-likeness (QED) is 0.862. The topological polar surface area (TPSA) is 37.3 Å². The number of carbonyl (C=O) groups is 1. The number of piperazine rings is 1. The number of hydrogen-bond acceptors (Lipinski definition) is 2. The fraction of sp³-hybridized carbons (Fsp3) is 0.643. The van der Waals surface area contributed by atoms with Crippen LogP contribution in [-0.2, 0) is 0 Å². The minimum absolute atomic E-state index is 0.195. The average Bonchev–Trinajstić information content (AvgIpc) is 2.74. The molecule has 0 radical (unpaired) electrons. The van der Waals surface area contributed by atoms with Gasteiger partial charge in [0.05, 0.1) is 0 Å². The van der Waals surface area contributed by atoms with E-state index in [1.807, 2.05) is 17.0 Å². The van der Waals surface area contributed by atoms with Crippen LogP contribution in [0.3, 0.4) is 0 Å². The van der Waals surface area contributed by atoms with Crippen LogP contribution in [0.1, 0.15) is 42.7 Å². The van der Waals surface area contributed by atoms with E-state index >= 15 is 0 Å². The molecule has 0 bridgehead atoms. The summed E-state index contributed by atoms with van der Waals surface area (Å²) in [6, 6.07) is 4.92. The molecule has 3 rings (SSSR count). The van der Waals surface area contributed by atoms with Crippen molar-refractivity contribution in [3.63, 3.8) is 0 Å². The second-order valence-electron chi connectivity index (χ2n) is 5.49. The Morgan fingerprint density at radius 3 is 2.94 bits per heavy atom.